The van der Waals surface area contributed by atoms with Crippen molar-refractivity contribution in [2.24, 2.45) is 0 Å². The Balaban J connectivity index is 2.32. The molecule has 0 bridgehead atoms. The van der Waals surface area contributed by atoms with Gasteiger partial charge in [0.2, 0.25) is 10.0 Å². The number of rotatable bonds is 2. The van der Waals surface area contributed by atoms with Gasteiger partial charge in [0.05, 0.1) is 22.1 Å². The molecule has 1 fully saturated rings. The lowest BCUT2D eigenvalue weighted by Crippen LogP contribution is -2.34. The lowest BCUT2D eigenvalue weighted by atomic mass is 9.98. The van der Waals surface area contributed by atoms with Crippen molar-refractivity contribution in [3.8, 4) is 6.07 Å². The molecule has 1 heterocycles. The molecule has 1 unspecified atom stereocenters. The van der Waals surface area contributed by atoms with Crippen molar-refractivity contribution in [2.75, 3.05) is 13.1 Å². The quantitative estimate of drug-likeness (QED) is 0.903. The average Bonchev–Trinajstić information content (AvgIpc) is 2.59. The van der Waals surface area contributed by atoms with Gasteiger partial charge in [0, 0.05) is 13.1 Å². The second kappa shape index (κ2) is 5.76. The van der Waals surface area contributed by atoms with Gasteiger partial charge in [-0.15, -0.1) is 0 Å². The second-order valence-corrected chi connectivity index (χ2v) is 7.75. The number of aliphatic hydroxyl groups is 1. The van der Waals surface area contributed by atoms with E-state index >= 15 is 0 Å². The summed E-state index contributed by atoms with van der Waals surface area (Å²) >= 11 is 0. The molecule has 6 heteroatoms. The highest BCUT2D eigenvalue weighted by Crippen LogP contribution is 2.27. The molecule has 5 nitrogen and oxygen atoms in total. The molecule has 1 N–H and O–H groups in total. The van der Waals surface area contributed by atoms with Crippen LogP contribution in [0.25, 0.3) is 0 Å². The molecular formula is C15H20N2O3S. The van der Waals surface area contributed by atoms with Gasteiger partial charge in [-0.25, -0.2) is 8.42 Å². The summed E-state index contributed by atoms with van der Waals surface area (Å²) in [4.78, 5) is 0.239. The Labute approximate surface area is 125 Å². The van der Waals surface area contributed by atoms with Crippen LogP contribution in [0.3, 0.4) is 0 Å². The number of hydrogen-bond acceptors (Lipinski definition) is 4. The van der Waals surface area contributed by atoms with Gasteiger partial charge >= 0.3 is 0 Å². The lowest BCUT2D eigenvalue weighted by molar-refractivity contribution is 0.0465. The van der Waals surface area contributed by atoms with Crippen molar-refractivity contribution in [1.82, 2.24) is 4.31 Å². The molecular weight excluding hydrogens is 288 g/mol. The summed E-state index contributed by atoms with van der Waals surface area (Å²) in [5.74, 6) is 0. The number of benzene rings is 1. The number of nitrogens with zero attached hydrogens (tertiary/aromatic N) is 2. The molecule has 1 aromatic rings. The minimum absolute atomic E-state index is 0.239. The first-order valence-electron chi connectivity index (χ1n) is 6.99. The number of sulfonamides is 1. The smallest absolute Gasteiger partial charge is 0.243 e. The second-order valence-electron chi connectivity index (χ2n) is 5.85. The van der Waals surface area contributed by atoms with Gasteiger partial charge in [-0.3, -0.25) is 0 Å². The van der Waals surface area contributed by atoms with Gasteiger partial charge in [-0.1, -0.05) is 0 Å². The molecule has 0 spiro atoms. The average molecular weight is 308 g/mol. The van der Waals surface area contributed by atoms with E-state index in [1.807, 2.05) is 6.07 Å². The van der Waals surface area contributed by atoms with Gasteiger partial charge in [0.25, 0.3) is 0 Å². The van der Waals surface area contributed by atoms with E-state index in [9.17, 15) is 13.5 Å². The Morgan fingerprint density at radius 2 is 2.05 bits per heavy atom. The van der Waals surface area contributed by atoms with Gasteiger partial charge in [0.15, 0.2) is 0 Å². The zero-order valence-electron chi connectivity index (χ0n) is 12.3. The summed E-state index contributed by atoms with van der Waals surface area (Å²) < 4.78 is 26.9. The monoisotopic (exact) mass is 308 g/mol. The molecule has 0 aromatic heterocycles. The van der Waals surface area contributed by atoms with E-state index in [0.29, 0.717) is 43.5 Å². The first-order chi connectivity index (χ1) is 9.76. The number of hydrogen-bond donors (Lipinski definition) is 1. The van der Waals surface area contributed by atoms with Crippen molar-refractivity contribution in [1.29, 1.82) is 5.26 Å². The van der Waals surface area contributed by atoms with Crippen LogP contribution in [0.1, 0.15) is 37.3 Å². The summed E-state index contributed by atoms with van der Waals surface area (Å²) in [5.41, 5.74) is 0.222. The molecule has 0 aliphatic carbocycles. The van der Waals surface area contributed by atoms with Crippen molar-refractivity contribution in [2.45, 2.75) is 43.6 Å². The molecule has 21 heavy (non-hydrogen) atoms. The van der Waals surface area contributed by atoms with Crippen molar-refractivity contribution in [3.05, 3.63) is 29.3 Å². The molecule has 2 rings (SSSR count). The fraction of sp³-hybridized carbons (Fsp3) is 0.533. The van der Waals surface area contributed by atoms with E-state index < -0.39 is 15.6 Å². The molecule has 1 aliphatic heterocycles. The first kappa shape index (κ1) is 16.0. The maximum atomic E-state index is 12.7. The van der Waals surface area contributed by atoms with Crippen LogP contribution in [0.5, 0.6) is 0 Å². The van der Waals surface area contributed by atoms with Crippen molar-refractivity contribution >= 4 is 10.0 Å². The van der Waals surface area contributed by atoms with Crippen LogP contribution in [0.2, 0.25) is 0 Å². The summed E-state index contributed by atoms with van der Waals surface area (Å²) in [5, 5.41) is 18.9. The van der Waals surface area contributed by atoms with Crippen LogP contribution in [0.15, 0.2) is 23.1 Å². The van der Waals surface area contributed by atoms with Gasteiger partial charge in [-0.05, 0) is 56.9 Å². The molecule has 0 radical (unpaired) electrons. The molecule has 0 saturated carbocycles. The van der Waals surface area contributed by atoms with Gasteiger partial charge in [-0.2, -0.15) is 9.57 Å². The zero-order valence-corrected chi connectivity index (χ0v) is 13.2. The van der Waals surface area contributed by atoms with E-state index in [1.54, 1.807) is 19.9 Å². The topological polar surface area (TPSA) is 81.4 Å². The van der Waals surface area contributed by atoms with E-state index in [1.165, 1.54) is 16.4 Å². The van der Waals surface area contributed by atoms with Gasteiger partial charge in [0.1, 0.15) is 0 Å². The minimum Gasteiger partial charge on any atom is -0.390 e. The van der Waals surface area contributed by atoms with Crippen LogP contribution >= 0.6 is 0 Å². The molecule has 0 amide bonds. The molecule has 1 saturated heterocycles. The van der Waals surface area contributed by atoms with Gasteiger partial charge < -0.3 is 5.11 Å². The fourth-order valence-electron chi connectivity index (χ4n) is 2.63. The lowest BCUT2D eigenvalue weighted by Gasteiger charge is -2.23. The van der Waals surface area contributed by atoms with Crippen LogP contribution in [-0.2, 0) is 10.0 Å². The summed E-state index contributed by atoms with van der Waals surface area (Å²) in [7, 11) is -3.58. The summed E-state index contributed by atoms with van der Waals surface area (Å²) in [6.07, 6.45) is 1.68. The predicted molar refractivity (Wildman–Crippen MR) is 79.1 cm³/mol. The third-order valence-corrected chi connectivity index (χ3v) is 6.00. The highest BCUT2D eigenvalue weighted by molar-refractivity contribution is 7.89. The predicted octanol–water partition coefficient (Wildman–Crippen LogP) is 1.79. The molecule has 1 atom stereocenters. The first-order valence-corrected chi connectivity index (χ1v) is 8.43. The normalized spacial score (nSPS) is 24.3. The molecule has 114 valence electrons. The minimum atomic E-state index is -3.58. The van der Waals surface area contributed by atoms with E-state index in [0.717, 1.165) is 0 Å². The Kier molecular flexibility index (Phi) is 4.38. The highest BCUT2D eigenvalue weighted by Gasteiger charge is 2.32. The van der Waals surface area contributed by atoms with Crippen LogP contribution in [0, 0.1) is 18.3 Å². The van der Waals surface area contributed by atoms with Crippen LogP contribution in [-0.4, -0.2) is 36.5 Å². The molecule has 1 aliphatic rings. The molecule has 1 aromatic carbocycles. The van der Waals surface area contributed by atoms with E-state index in [-0.39, 0.29) is 4.90 Å². The Bertz CT molecular complexity index is 675. The summed E-state index contributed by atoms with van der Waals surface area (Å²) in [6, 6.07) is 6.60. The standard InChI is InChI=1S/C15H20N2O3S/c1-12-10-13(11-16)4-5-14(12)21(19,20)17-8-3-6-15(2,18)7-9-17/h4-5,10,18H,3,6-9H2,1-2H3. The van der Waals surface area contributed by atoms with Crippen molar-refractivity contribution in [3.63, 3.8) is 0 Å². The largest absolute Gasteiger partial charge is 0.390 e. The highest BCUT2D eigenvalue weighted by atomic mass is 32.2. The Morgan fingerprint density at radius 3 is 2.67 bits per heavy atom. The van der Waals surface area contributed by atoms with Crippen LogP contribution < -0.4 is 0 Å². The number of aryl methyl sites for hydroxylation is 1. The fourth-order valence-corrected chi connectivity index (χ4v) is 4.31. The number of nitriles is 1. The maximum absolute atomic E-state index is 12.7. The van der Waals surface area contributed by atoms with E-state index in [2.05, 4.69) is 0 Å². The Hall–Kier alpha value is -1.42. The van der Waals surface area contributed by atoms with Crippen molar-refractivity contribution < 1.29 is 13.5 Å². The van der Waals surface area contributed by atoms with E-state index in [4.69, 9.17) is 5.26 Å². The van der Waals surface area contributed by atoms with Crippen LogP contribution in [0.4, 0.5) is 0 Å². The third-order valence-electron chi connectivity index (χ3n) is 3.94. The maximum Gasteiger partial charge on any atom is 0.243 e. The summed E-state index contributed by atoms with van der Waals surface area (Å²) in [6.45, 7) is 4.17. The SMILES string of the molecule is Cc1cc(C#N)ccc1S(=O)(=O)N1CCCC(C)(O)CC1. The zero-order chi connectivity index (χ0) is 15.7. The third kappa shape index (κ3) is 3.43. The Morgan fingerprint density at radius 1 is 1.33 bits per heavy atom.